The minimum absolute atomic E-state index is 0.0650. The number of hydrogen-bond acceptors (Lipinski definition) is 7. The van der Waals surface area contributed by atoms with Crippen LogP contribution in [-0.4, -0.2) is 12.2 Å². The van der Waals surface area contributed by atoms with Crippen LogP contribution in [0.2, 0.25) is 0 Å². The molecule has 0 bridgehead atoms. The maximum Gasteiger partial charge on any atom is 0.344 e. The Morgan fingerprint density at radius 2 is 1.33 bits per heavy atom. The summed E-state index contributed by atoms with van der Waals surface area (Å²) < 4.78 is 22.7. The SMILES string of the molecule is COc1cc(C2c3c(c4ccccc4oc3=O)Oc3c2c(=O)oc2ccccc32)ccc1O. The monoisotopic (exact) mass is 440 g/mol. The second-order valence-corrected chi connectivity index (χ2v) is 7.72. The van der Waals surface area contributed by atoms with Crippen molar-refractivity contribution < 1.29 is 23.4 Å². The second-order valence-electron chi connectivity index (χ2n) is 7.72. The molecular formula is C26H16O7. The van der Waals surface area contributed by atoms with E-state index >= 15 is 0 Å². The number of phenols is 1. The molecular weight excluding hydrogens is 424 g/mol. The molecule has 7 nitrogen and oxygen atoms in total. The van der Waals surface area contributed by atoms with Gasteiger partial charge in [0.1, 0.15) is 22.7 Å². The molecule has 0 saturated heterocycles. The zero-order chi connectivity index (χ0) is 22.7. The van der Waals surface area contributed by atoms with Gasteiger partial charge >= 0.3 is 11.3 Å². The van der Waals surface area contributed by atoms with Crippen LogP contribution in [0.4, 0.5) is 0 Å². The highest BCUT2D eigenvalue weighted by molar-refractivity contribution is 5.90. The number of rotatable bonds is 2. The number of fused-ring (bicyclic) bond motifs is 6. The largest absolute Gasteiger partial charge is 0.504 e. The summed E-state index contributed by atoms with van der Waals surface area (Å²) in [4.78, 5) is 26.4. The number of aromatic hydroxyl groups is 1. The van der Waals surface area contributed by atoms with E-state index in [0.717, 1.165) is 0 Å². The summed E-state index contributed by atoms with van der Waals surface area (Å²) in [5.41, 5.74) is 0.393. The third-order valence-corrected chi connectivity index (χ3v) is 5.92. The molecule has 1 N–H and O–H groups in total. The Hall–Kier alpha value is -4.52. The molecule has 162 valence electrons. The molecule has 0 radical (unpaired) electrons. The predicted molar refractivity (Wildman–Crippen MR) is 121 cm³/mol. The lowest BCUT2D eigenvalue weighted by atomic mass is 9.83. The maximum atomic E-state index is 13.2. The molecule has 6 rings (SSSR count). The highest BCUT2D eigenvalue weighted by Gasteiger charge is 2.38. The standard InChI is InChI=1S/C26H16O7/c1-30-19-12-13(10-11-16(19)27)20-21-23(14-6-2-4-8-17(14)31-25(21)28)33-24-15-7-3-5-9-18(15)32-26(29)22(20)24/h2-12,20,27H,1H3. The molecule has 0 fully saturated rings. The Balaban J connectivity index is 1.78. The van der Waals surface area contributed by atoms with Crippen LogP contribution < -0.4 is 20.7 Å². The van der Waals surface area contributed by atoms with Gasteiger partial charge in [-0.3, -0.25) is 0 Å². The smallest absolute Gasteiger partial charge is 0.344 e. The number of hydrogen-bond donors (Lipinski definition) is 1. The van der Waals surface area contributed by atoms with Crippen molar-refractivity contribution in [2.75, 3.05) is 7.11 Å². The van der Waals surface area contributed by atoms with Crippen molar-refractivity contribution in [3.05, 3.63) is 104 Å². The van der Waals surface area contributed by atoms with Gasteiger partial charge in [-0.2, -0.15) is 0 Å². The van der Waals surface area contributed by atoms with Crippen LogP contribution in [0, 0.1) is 0 Å². The van der Waals surface area contributed by atoms with Gasteiger partial charge in [-0.15, -0.1) is 0 Å². The number of para-hydroxylation sites is 2. The van der Waals surface area contributed by atoms with E-state index < -0.39 is 17.2 Å². The van der Waals surface area contributed by atoms with E-state index in [2.05, 4.69) is 0 Å². The minimum atomic E-state index is -0.861. The summed E-state index contributed by atoms with van der Waals surface area (Å²) in [6.07, 6.45) is 0. The van der Waals surface area contributed by atoms with Gasteiger partial charge < -0.3 is 23.4 Å². The fourth-order valence-corrected chi connectivity index (χ4v) is 4.44. The van der Waals surface area contributed by atoms with Gasteiger partial charge in [-0.25, -0.2) is 9.59 Å². The van der Waals surface area contributed by atoms with Crippen molar-refractivity contribution in [1.29, 1.82) is 0 Å². The lowest BCUT2D eigenvalue weighted by Gasteiger charge is -2.28. The van der Waals surface area contributed by atoms with Gasteiger partial charge in [0.25, 0.3) is 0 Å². The molecule has 1 aliphatic heterocycles. The summed E-state index contributed by atoms with van der Waals surface area (Å²) in [5.74, 6) is -0.0773. The number of ether oxygens (including phenoxy) is 2. The molecule has 2 aromatic heterocycles. The molecule has 0 unspecified atom stereocenters. The average Bonchev–Trinajstić information content (AvgIpc) is 2.83. The van der Waals surface area contributed by atoms with Crippen LogP contribution in [0.25, 0.3) is 21.9 Å². The first-order valence-electron chi connectivity index (χ1n) is 10.2. The molecule has 33 heavy (non-hydrogen) atoms. The second kappa shape index (κ2) is 7.00. The zero-order valence-corrected chi connectivity index (χ0v) is 17.3. The Morgan fingerprint density at radius 1 is 0.788 bits per heavy atom. The molecule has 0 amide bonds. The minimum Gasteiger partial charge on any atom is -0.504 e. The fraction of sp³-hybridized carbons (Fsp3) is 0.0769. The van der Waals surface area contributed by atoms with Gasteiger partial charge in [0.05, 0.1) is 34.9 Å². The Bertz CT molecular complexity index is 1590. The van der Waals surface area contributed by atoms with Gasteiger partial charge in [-0.05, 0) is 42.0 Å². The molecule has 0 spiro atoms. The summed E-state index contributed by atoms with van der Waals surface area (Å²) in [5, 5.41) is 11.3. The highest BCUT2D eigenvalue weighted by atomic mass is 16.5. The predicted octanol–water partition coefficient (Wildman–Crippen LogP) is 4.90. The molecule has 7 heteroatoms. The van der Waals surface area contributed by atoms with Crippen molar-refractivity contribution >= 4 is 21.9 Å². The van der Waals surface area contributed by atoms with E-state index in [-0.39, 0.29) is 22.6 Å². The van der Waals surface area contributed by atoms with Crippen LogP contribution in [0.15, 0.2) is 85.2 Å². The van der Waals surface area contributed by atoms with Crippen molar-refractivity contribution in [3.63, 3.8) is 0 Å². The van der Waals surface area contributed by atoms with Crippen molar-refractivity contribution in [1.82, 2.24) is 0 Å². The molecule has 1 aliphatic rings. The summed E-state index contributed by atoms with van der Waals surface area (Å²) in [7, 11) is 1.43. The van der Waals surface area contributed by atoms with Gasteiger partial charge in [0.2, 0.25) is 0 Å². The van der Waals surface area contributed by atoms with Crippen LogP contribution >= 0.6 is 0 Å². The van der Waals surface area contributed by atoms with E-state index in [1.807, 2.05) is 12.1 Å². The number of benzene rings is 3. The highest BCUT2D eigenvalue weighted by Crippen LogP contribution is 2.50. The molecule has 5 aromatic rings. The van der Waals surface area contributed by atoms with E-state index in [1.165, 1.54) is 13.2 Å². The lowest BCUT2D eigenvalue weighted by molar-refractivity contribution is 0.372. The van der Waals surface area contributed by atoms with Crippen LogP contribution in [0.5, 0.6) is 23.0 Å². The van der Waals surface area contributed by atoms with E-state index in [4.69, 9.17) is 18.3 Å². The van der Waals surface area contributed by atoms with Crippen molar-refractivity contribution in [2.24, 2.45) is 0 Å². The normalized spacial score (nSPS) is 12.9. The quantitative estimate of drug-likeness (QED) is 0.382. The average molecular weight is 440 g/mol. The third kappa shape index (κ3) is 2.75. The van der Waals surface area contributed by atoms with Crippen LogP contribution in [0.1, 0.15) is 22.6 Å². The molecule has 0 saturated carbocycles. The molecule has 3 aromatic carbocycles. The first-order chi connectivity index (χ1) is 16.1. The topological polar surface area (TPSA) is 99.1 Å². The fourth-order valence-electron chi connectivity index (χ4n) is 4.44. The Morgan fingerprint density at radius 3 is 1.88 bits per heavy atom. The third-order valence-electron chi connectivity index (χ3n) is 5.92. The van der Waals surface area contributed by atoms with Gasteiger partial charge in [0.15, 0.2) is 11.5 Å². The molecule has 0 atom stereocenters. The van der Waals surface area contributed by atoms with Crippen LogP contribution in [0.3, 0.4) is 0 Å². The van der Waals surface area contributed by atoms with Crippen molar-refractivity contribution in [3.8, 4) is 23.0 Å². The summed E-state index contributed by atoms with van der Waals surface area (Å²) >= 11 is 0. The summed E-state index contributed by atoms with van der Waals surface area (Å²) in [6.45, 7) is 0. The Kier molecular flexibility index (Phi) is 4.07. The van der Waals surface area contributed by atoms with E-state index in [9.17, 15) is 14.7 Å². The lowest BCUT2D eigenvalue weighted by Crippen LogP contribution is -2.26. The van der Waals surface area contributed by atoms with Crippen molar-refractivity contribution in [2.45, 2.75) is 5.92 Å². The van der Waals surface area contributed by atoms with Gasteiger partial charge in [-0.1, -0.05) is 30.3 Å². The Labute approximate surface area is 186 Å². The summed E-state index contributed by atoms with van der Waals surface area (Å²) in [6, 6.07) is 18.8. The molecule has 3 heterocycles. The maximum absolute atomic E-state index is 13.2. The van der Waals surface area contributed by atoms with E-state index in [0.29, 0.717) is 39.0 Å². The molecule has 0 aliphatic carbocycles. The number of methoxy groups -OCH3 is 1. The van der Waals surface area contributed by atoms with E-state index in [1.54, 1.807) is 48.5 Å². The zero-order valence-electron chi connectivity index (χ0n) is 17.3. The van der Waals surface area contributed by atoms with Gasteiger partial charge in [0, 0.05) is 0 Å². The van der Waals surface area contributed by atoms with Crippen LogP contribution in [-0.2, 0) is 0 Å². The first-order valence-corrected chi connectivity index (χ1v) is 10.2. The first kappa shape index (κ1) is 19.2. The number of phenolic OH excluding ortho intramolecular Hbond substituents is 1.